The fourth-order valence-corrected chi connectivity index (χ4v) is 8.59. The van der Waals surface area contributed by atoms with Gasteiger partial charge in [0.2, 0.25) is 11.9 Å². The van der Waals surface area contributed by atoms with Crippen LogP contribution < -0.4 is 5.32 Å². The molecule has 0 bridgehead atoms. The lowest BCUT2D eigenvalue weighted by molar-refractivity contribution is -0.484. The lowest BCUT2D eigenvalue weighted by Gasteiger charge is -2.14. The van der Waals surface area contributed by atoms with Crippen LogP contribution in [0.5, 0.6) is 0 Å². The molecule has 260 valence electrons. The molecule has 10 aromatic rings. The zero-order valence-corrected chi connectivity index (χ0v) is 30.0. The molecule has 4 nitrogen and oxygen atoms in total. The highest BCUT2D eigenvalue weighted by Crippen LogP contribution is 2.42. The average molecular weight is 707 g/mol. The minimum atomic E-state index is 0.0326. The Morgan fingerprint density at radius 3 is 1.78 bits per heavy atom. The molecule has 2 unspecified atom stereocenters. The molecule has 0 amide bonds. The number of fused-ring (bicyclic) bond motifs is 6. The predicted molar refractivity (Wildman–Crippen MR) is 226 cm³/mol. The van der Waals surface area contributed by atoms with Crippen LogP contribution in [-0.4, -0.2) is 15.4 Å². The van der Waals surface area contributed by atoms with Crippen molar-refractivity contribution in [3.63, 3.8) is 0 Å². The minimum absolute atomic E-state index is 0.0326. The van der Waals surface area contributed by atoms with Crippen molar-refractivity contribution in [1.82, 2.24) is 9.88 Å². The van der Waals surface area contributed by atoms with Crippen LogP contribution in [0.15, 0.2) is 199 Å². The van der Waals surface area contributed by atoms with Gasteiger partial charge >= 0.3 is 0 Å². The van der Waals surface area contributed by atoms with E-state index in [9.17, 15) is 0 Å². The van der Waals surface area contributed by atoms with E-state index in [1.807, 2.05) is 0 Å². The summed E-state index contributed by atoms with van der Waals surface area (Å²) in [6.45, 7) is 0. The summed E-state index contributed by atoms with van der Waals surface area (Å²) in [4.78, 5) is 0. The normalized spacial score (nSPS) is 15.7. The Kier molecular flexibility index (Phi) is 7.35. The predicted octanol–water partition coefficient (Wildman–Crippen LogP) is 12.8. The summed E-state index contributed by atoms with van der Waals surface area (Å²) in [6, 6.07) is 69.4. The Bertz CT molecular complexity index is 3050. The Labute approximate surface area is 318 Å². The molecule has 2 aromatic heterocycles. The van der Waals surface area contributed by atoms with Crippen molar-refractivity contribution in [2.75, 3.05) is 0 Å². The van der Waals surface area contributed by atoms with Crippen molar-refractivity contribution in [2.45, 2.75) is 12.2 Å². The SMILES string of the molecule is C1=[N+](c2ccccc2)C(c2ccccc2)NC1c1ccc(-n2c3ccccc3c3ccc(-c4cccc5c4oc4c(-c6ccccc6)cccc45)cc32)cc1. The molecular weight excluding hydrogens is 671 g/mol. The van der Waals surface area contributed by atoms with Gasteiger partial charge in [0.05, 0.1) is 11.0 Å². The maximum atomic E-state index is 6.82. The van der Waals surface area contributed by atoms with Gasteiger partial charge in [-0.2, -0.15) is 4.58 Å². The molecule has 0 fully saturated rings. The van der Waals surface area contributed by atoms with Gasteiger partial charge in [0.15, 0.2) is 6.21 Å². The van der Waals surface area contributed by atoms with Crippen LogP contribution in [0, 0.1) is 0 Å². The van der Waals surface area contributed by atoms with Gasteiger partial charge in [-0.25, -0.2) is 5.32 Å². The molecule has 11 rings (SSSR count). The number of aromatic nitrogens is 1. The Balaban J connectivity index is 1.01. The first-order chi connectivity index (χ1) is 27.3. The number of furan rings is 1. The van der Waals surface area contributed by atoms with Crippen LogP contribution in [-0.2, 0) is 0 Å². The van der Waals surface area contributed by atoms with E-state index in [0.29, 0.717) is 0 Å². The van der Waals surface area contributed by atoms with Crippen LogP contribution in [0.25, 0.3) is 71.7 Å². The lowest BCUT2D eigenvalue weighted by atomic mass is 9.99. The monoisotopic (exact) mass is 706 g/mol. The van der Waals surface area contributed by atoms with Crippen LogP contribution in [0.2, 0.25) is 0 Å². The quantitative estimate of drug-likeness (QED) is 0.175. The number of benzene rings is 8. The van der Waals surface area contributed by atoms with Crippen LogP contribution in [0.1, 0.15) is 23.3 Å². The number of nitrogens with zero attached hydrogens (tertiary/aromatic N) is 2. The summed E-state index contributed by atoms with van der Waals surface area (Å²) in [6.07, 6.45) is 2.35. The molecule has 3 heterocycles. The van der Waals surface area contributed by atoms with Gasteiger partial charge in [-0.3, -0.25) is 0 Å². The van der Waals surface area contributed by atoms with Gasteiger partial charge in [-0.15, -0.1) is 0 Å². The Morgan fingerprint density at radius 2 is 1.05 bits per heavy atom. The third-order valence-corrected chi connectivity index (χ3v) is 11.2. The van der Waals surface area contributed by atoms with Crippen molar-refractivity contribution < 1.29 is 8.99 Å². The van der Waals surface area contributed by atoms with Crippen molar-refractivity contribution in [3.05, 3.63) is 205 Å². The highest BCUT2D eigenvalue weighted by atomic mass is 16.3. The smallest absolute Gasteiger partial charge is 0.239 e. The molecule has 1 aliphatic heterocycles. The van der Waals surface area contributed by atoms with Crippen LogP contribution in [0.4, 0.5) is 5.69 Å². The highest BCUT2D eigenvalue weighted by Gasteiger charge is 2.35. The average Bonchev–Trinajstić information content (AvgIpc) is 3.97. The summed E-state index contributed by atoms with van der Waals surface area (Å²) in [5, 5.41) is 8.61. The van der Waals surface area contributed by atoms with E-state index < -0.39 is 0 Å². The molecule has 1 N–H and O–H groups in total. The van der Waals surface area contributed by atoms with E-state index in [1.54, 1.807) is 0 Å². The maximum absolute atomic E-state index is 6.82. The second-order valence-corrected chi connectivity index (χ2v) is 14.4. The molecule has 0 saturated heterocycles. The summed E-state index contributed by atoms with van der Waals surface area (Å²) >= 11 is 0. The number of hydrogen-bond donors (Lipinski definition) is 1. The second-order valence-electron chi connectivity index (χ2n) is 14.4. The first-order valence-corrected chi connectivity index (χ1v) is 18.9. The third kappa shape index (κ3) is 5.22. The van der Waals surface area contributed by atoms with Gasteiger partial charge in [-0.1, -0.05) is 158 Å². The summed E-state index contributed by atoms with van der Waals surface area (Å²) in [5.41, 5.74) is 13.4. The van der Waals surface area contributed by atoms with E-state index in [1.165, 1.54) is 33.1 Å². The minimum Gasteiger partial charge on any atom is -0.455 e. The van der Waals surface area contributed by atoms with E-state index in [0.717, 1.165) is 55.4 Å². The summed E-state index contributed by atoms with van der Waals surface area (Å²) in [5.74, 6) is 0. The van der Waals surface area contributed by atoms with E-state index in [2.05, 4.69) is 215 Å². The molecule has 4 heteroatoms. The fourth-order valence-electron chi connectivity index (χ4n) is 8.59. The first-order valence-electron chi connectivity index (χ1n) is 18.9. The van der Waals surface area contributed by atoms with Crippen molar-refractivity contribution in [3.8, 4) is 27.9 Å². The van der Waals surface area contributed by atoms with Gasteiger partial charge in [-0.05, 0) is 41.0 Å². The Morgan fingerprint density at radius 1 is 0.455 bits per heavy atom. The van der Waals surface area contributed by atoms with Crippen molar-refractivity contribution >= 4 is 55.6 Å². The van der Waals surface area contributed by atoms with Crippen molar-refractivity contribution in [2.24, 2.45) is 0 Å². The summed E-state index contributed by atoms with van der Waals surface area (Å²) < 4.78 is 11.6. The van der Waals surface area contributed by atoms with Crippen LogP contribution >= 0.6 is 0 Å². The maximum Gasteiger partial charge on any atom is 0.239 e. The molecule has 0 radical (unpaired) electrons. The highest BCUT2D eigenvalue weighted by molar-refractivity contribution is 6.14. The van der Waals surface area contributed by atoms with Gasteiger partial charge < -0.3 is 8.98 Å². The van der Waals surface area contributed by atoms with Crippen LogP contribution in [0.3, 0.4) is 0 Å². The standard InChI is InChI=1S/C51H36N3O/c1-4-14-34(15-5-1)40-21-12-23-44-45-24-13-22-41(50(45)55-49(40)44)37-28-31-43-42-20-10-11-25-47(42)54(48(43)32-37)39-29-26-35(27-30-39)46-33-53(38-18-8-3-9-19-38)51(52-46)36-16-6-2-7-17-36/h1-33,46,51-52H/q+1. The van der Waals surface area contributed by atoms with E-state index in [4.69, 9.17) is 4.42 Å². The molecule has 8 aromatic carbocycles. The number of hydrogen-bond acceptors (Lipinski definition) is 2. The largest absolute Gasteiger partial charge is 0.455 e. The molecule has 55 heavy (non-hydrogen) atoms. The van der Waals surface area contributed by atoms with Crippen molar-refractivity contribution in [1.29, 1.82) is 0 Å². The number of nitrogens with one attached hydrogen (secondary N) is 1. The molecule has 0 saturated carbocycles. The van der Waals surface area contributed by atoms with Gasteiger partial charge in [0, 0.05) is 56.1 Å². The molecular formula is C51H36N3O+. The fraction of sp³-hybridized carbons (Fsp3) is 0.0392. The first kappa shape index (κ1) is 31.5. The Hall–Kier alpha value is -7.01. The molecule has 0 spiro atoms. The van der Waals surface area contributed by atoms with E-state index in [-0.39, 0.29) is 12.2 Å². The molecule has 0 aliphatic carbocycles. The molecule has 2 atom stereocenters. The topological polar surface area (TPSA) is 33.1 Å². The second kappa shape index (κ2) is 12.8. The third-order valence-electron chi connectivity index (χ3n) is 11.2. The summed E-state index contributed by atoms with van der Waals surface area (Å²) in [7, 11) is 0. The molecule has 1 aliphatic rings. The van der Waals surface area contributed by atoms with Gasteiger partial charge in [0.1, 0.15) is 17.2 Å². The zero-order chi connectivity index (χ0) is 36.3. The van der Waals surface area contributed by atoms with Gasteiger partial charge in [0.25, 0.3) is 0 Å². The lowest BCUT2D eigenvalue weighted by Crippen LogP contribution is -2.23. The van der Waals surface area contributed by atoms with E-state index >= 15 is 0 Å². The zero-order valence-electron chi connectivity index (χ0n) is 30.0. The number of para-hydroxylation sites is 4. The number of rotatable bonds is 6.